The second-order valence-electron chi connectivity index (χ2n) is 6.81. The molecule has 0 aliphatic heterocycles. The highest BCUT2D eigenvalue weighted by atomic mass is 32.2. The maximum absolute atomic E-state index is 13.3. The predicted molar refractivity (Wildman–Crippen MR) is 107 cm³/mol. The van der Waals surface area contributed by atoms with Gasteiger partial charge in [-0.25, -0.2) is 8.42 Å². The first kappa shape index (κ1) is 18.0. The van der Waals surface area contributed by atoms with Crippen LogP contribution in [0.4, 0.5) is 0 Å². The molecule has 0 saturated carbocycles. The highest BCUT2D eigenvalue weighted by molar-refractivity contribution is 7.90. The van der Waals surface area contributed by atoms with Crippen LogP contribution >= 0.6 is 0 Å². The Balaban J connectivity index is 1.93. The van der Waals surface area contributed by atoms with Crippen LogP contribution in [-0.4, -0.2) is 24.1 Å². The molecule has 140 valence electrons. The molecule has 0 spiro atoms. The Morgan fingerprint density at radius 1 is 1.11 bits per heavy atom. The summed E-state index contributed by atoms with van der Waals surface area (Å²) in [5.41, 5.74) is 4.18. The second kappa shape index (κ2) is 6.36. The van der Waals surface area contributed by atoms with Crippen LogP contribution in [0.5, 0.6) is 0 Å². The molecular weight excluding hydrogens is 374 g/mol. The Hall–Kier alpha value is -3.37. The van der Waals surface area contributed by atoms with Crippen LogP contribution in [0.25, 0.3) is 16.7 Å². The number of H-pyrrole nitrogens is 1. The number of hydrogen-bond donors (Lipinski definition) is 1. The summed E-state index contributed by atoms with van der Waals surface area (Å²) < 4.78 is 24.8. The van der Waals surface area contributed by atoms with Gasteiger partial charge in [0.1, 0.15) is 11.7 Å². The fraction of sp³-hybridized carbons (Fsp3) is 0.143. The van der Waals surface area contributed by atoms with Gasteiger partial charge < -0.3 is 4.98 Å². The third kappa shape index (κ3) is 2.79. The van der Waals surface area contributed by atoms with E-state index < -0.39 is 9.84 Å². The molecule has 2 aromatic carbocycles. The number of para-hydroxylation sites is 2. The lowest BCUT2D eigenvalue weighted by Crippen LogP contribution is -2.21. The Morgan fingerprint density at radius 2 is 1.79 bits per heavy atom. The number of nitrogens with zero attached hydrogens (tertiary/aromatic N) is 2. The van der Waals surface area contributed by atoms with Crippen LogP contribution in [0, 0.1) is 18.3 Å². The minimum atomic E-state index is -3.28. The normalized spacial score (nSPS) is 11.8. The van der Waals surface area contributed by atoms with Gasteiger partial charge in [0, 0.05) is 18.2 Å². The molecule has 1 N–H and O–H groups in total. The molecule has 0 saturated heterocycles. The van der Waals surface area contributed by atoms with Gasteiger partial charge in [0.05, 0.1) is 21.5 Å². The van der Waals surface area contributed by atoms with Gasteiger partial charge in [-0.3, -0.25) is 9.20 Å². The molecule has 4 aromatic rings. The molecule has 6 nitrogen and oxygen atoms in total. The molecule has 0 atom stereocenters. The quantitative estimate of drug-likeness (QED) is 0.581. The van der Waals surface area contributed by atoms with Crippen molar-refractivity contribution in [2.24, 2.45) is 0 Å². The van der Waals surface area contributed by atoms with E-state index in [0.29, 0.717) is 34.3 Å². The number of fused-ring (bicyclic) bond motifs is 3. The Kier molecular flexibility index (Phi) is 4.09. The van der Waals surface area contributed by atoms with Crippen LogP contribution in [0.15, 0.2) is 58.2 Å². The standard InChI is InChI=1S/C21H17N3O3S/c1-13-16(11-14-7-9-15(10-8-14)28(2,26)27)21(25)24-19-6-4-3-5-18(19)23-20(24)17(13)12-22/h3-10,23H,11H2,1-2H3. The van der Waals surface area contributed by atoms with E-state index in [0.717, 1.165) is 17.3 Å². The number of sulfone groups is 1. The third-order valence-corrected chi connectivity index (χ3v) is 6.12. The van der Waals surface area contributed by atoms with E-state index in [1.807, 2.05) is 24.3 Å². The summed E-state index contributed by atoms with van der Waals surface area (Å²) in [5, 5.41) is 9.70. The molecule has 0 bridgehead atoms. The highest BCUT2D eigenvalue weighted by Gasteiger charge is 2.18. The van der Waals surface area contributed by atoms with Crippen LogP contribution in [-0.2, 0) is 16.3 Å². The van der Waals surface area contributed by atoms with E-state index in [9.17, 15) is 18.5 Å². The minimum Gasteiger partial charge on any atom is -0.338 e. The first-order chi connectivity index (χ1) is 13.3. The van der Waals surface area contributed by atoms with Gasteiger partial charge in [0.25, 0.3) is 5.56 Å². The zero-order valence-electron chi connectivity index (χ0n) is 15.4. The predicted octanol–water partition coefficient (Wildman–Crippen LogP) is 2.96. The van der Waals surface area contributed by atoms with E-state index in [1.54, 1.807) is 23.5 Å². The second-order valence-corrected chi connectivity index (χ2v) is 8.83. The number of hydrogen-bond acceptors (Lipinski definition) is 4. The van der Waals surface area contributed by atoms with Crippen molar-refractivity contribution in [1.29, 1.82) is 5.26 Å². The molecular formula is C21H17N3O3S. The molecule has 0 amide bonds. The molecule has 2 aromatic heterocycles. The molecule has 28 heavy (non-hydrogen) atoms. The van der Waals surface area contributed by atoms with Gasteiger partial charge in [-0.1, -0.05) is 24.3 Å². The number of rotatable bonds is 3. The van der Waals surface area contributed by atoms with Crippen LogP contribution in [0.1, 0.15) is 22.3 Å². The third-order valence-electron chi connectivity index (χ3n) is 4.99. The molecule has 2 heterocycles. The number of pyridine rings is 1. The summed E-state index contributed by atoms with van der Waals surface area (Å²) in [4.78, 5) is 16.7. The summed E-state index contributed by atoms with van der Waals surface area (Å²) in [7, 11) is -3.28. The molecule has 4 rings (SSSR count). The van der Waals surface area contributed by atoms with Crippen molar-refractivity contribution in [1.82, 2.24) is 9.38 Å². The topological polar surface area (TPSA) is 95.2 Å². The Bertz CT molecular complexity index is 1440. The smallest absolute Gasteiger partial charge is 0.260 e. The average molecular weight is 391 g/mol. The summed E-state index contributed by atoms with van der Waals surface area (Å²) in [6, 6.07) is 16.1. The van der Waals surface area contributed by atoms with Crippen molar-refractivity contribution >= 4 is 26.5 Å². The first-order valence-corrected chi connectivity index (χ1v) is 10.5. The van der Waals surface area contributed by atoms with E-state index in [2.05, 4.69) is 11.1 Å². The zero-order valence-corrected chi connectivity index (χ0v) is 16.2. The molecule has 0 unspecified atom stereocenters. The van der Waals surface area contributed by atoms with E-state index in [1.165, 1.54) is 12.1 Å². The monoisotopic (exact) mass is 391 g/mol. The van der Waals surface area contributed by atoms with Crippen LogP contribution < -0.4 is 5.56 Å². The van der Waals surface area contributed by atoms with Crippen molar-refractivity contribution in [3.8, 4) is 6.07 Å². The first-order valence-electron chi connectivity index (χ1n) is 8.65. The van der Waals surface area contributed by atoms with Crippen molar-refractivity contribution in [3.05, 3.63) is 81.1 Å². The lowest BCUT2D eigenvalue weighted by molar-refractivity contribution is 0.602. The number of nitriles is 1. The number of aromatic nitrogens is 2. The van der Waals surface area contributed by atoms with Gasteiger partial charge in [0.2, 0.25) is 0 Å². The molecule has 0 radical (unpaired) electrons. The molecule has 7 heteroatoms. The summed E-state index contributed by atoms with van der Waals surface area (Å²) in [6.45, 7) is 1.77. The summed E-state index contributed by atoms with van der Waals surface area (Å²) in [5.74, 6) is 0. The lowest BCUT2D eigenvalue weighted by Gasteiger charge is -2.10. The summed E-state index contributed by atoms with van der Waals surface area (Å²) in [6.07, 6.45) is 1.47. The SMILES string of the molecule is Cc1c(Cc2ccc(S(C)(=O)=O)cc2)c(=O)n2c([nH]c3ccccc32)c1C#N. The number of benzene rings is 2. The number of nitrogens with one attached hydrogen (secondary N) is 1. The van der Waals surface area contributed by atoms with Gasteiger partial charge in [-0.2, -0.15) is 5.26 Å². The van der Waals surface area contributed by atoms with Gasteiger partial charge in [0.15, 0.2) is 9.84 Å². The van der Waals surface area contributed by atoms with Gasteiger partial charge in [-0.05, 0) is 42.3 Å². The minimum absolute atomic E-state index is 0.184. The van der Waals surface area contributed by atoms with Crippen LogP contribution in [0.3, 0.4) is 0 Å². The molecule has 0 aliphatic carbocycles. The van der Waals surface area contributed by atoms with E-state index in [-0.39, 0.29) is 10.5 Å². The number of aromatic amines is 1. The van der Waals surface area contributed by atoms with Crippen molar-refractivity contribution in [2.45, 2.75) is 18.2 Å². The Morgan fingerprint density at radius 3 is 2.43 bits per heavy atom. The number of imidazole rings is 1. The van der Waals surface area contributed by atoms with Crippen molar-refractivity contribution in [3.63, 3.8) is 0 Å². The Labute approximate surface area is 161 Å². The fourth-order valence-corrected chi connectivity index (χ4v) is 4.12. The lowest BCUT2D eigenvalue weighted by atomic mass is 9.99. The average Bonchev–Trinajstić information content (AvgIpc) is 3.04. The molecule has 0 fully saturated rings. The molecule has 0 aliphatic rings. The zero-order chi connectivity index (χ0) is 20.1. The van der Waals surface area contributed by atoms with E-state index >= 15 is 0 Å². The fourth-order valence-electron chi connectivity index (χ4n) is 3.49. The van der Waals surface area contributed by atoms with Crippen LogP contribution in [0.2, 0.25) is 0 Å². The highest BCUT2D eigenvalue weighted by Crippen LogP contribution is 2.23. The maximum Gasteiger partial charge on any atom is 0.260 e. The maximum atomic E-state index is 13.3. The largest absolute Gasteiger partial charge is 0.338 e. The van der Waals surface area contributed by atoms with Crippen molar-refractivity contribution in [2.75, 3.05) is 6.26 Å². The van der Waals surface area contributed by atoms with Gasteiger partial charge in [-0.15, -0.1) is 0 Å². The van der Waals surface area contributed by atoms with Crippen molar-refractivity contribution < 1.29 is 8.42 Å². The summed E-state index contributed by atoms with van der Waals surface area (Å²) >= 11 is 0. The van der Waals surface area contributed by atoms with E-state index in [4.69, 9.17) is 0 Å². The van der Waals surface area contributed by atoms with Gasteiger partial charge >= 0.3 is 0 Å².